The number of hydrogen-bond donors (Lipinski definition) is 1. The summed E-state index contributed by atoms with van der Waals surface area (Å²) in [6.45, 7) is 8.69. The van der Waals surface area contributed by atoms with Gasteiger partial charge in [0.25, 0.3) is 0 Å². The van der Waals surface area contributed by atoms with E-state index in [9.17, 15) is 4.79 Å². The first kappa shape index (κ1) is 16.0. The molecule has 1 heterocycles. The molecule has 1 amide bonds. The minimum Gasteiger partial charge on any atom is -0.383 e. The molecule has 4 nitrogen and oxygen atoms in total. The van der Waals surface area contributed by atoms with Gasteiger partial charge in [-0.05, 0) is 38.3 Å². The van der Waals surface area contributed by atoms with E-state index in [-0.39, 0.29) is 18.1 Å². The Morgan fingerprint density at radius 1 is 1.43 bits per heavy atom. The predicted octanol–water partition coefficient (Wildman–Crippen LogP) is 2.63. The minimum absolute atomic E-state index is 0.0352. The summed E-state index contributed by atoms with van der Waals surface area (Å²) in [6.07, 6.45) is 0.679. The Hall–Kier alpha value is -1.39. The molecule has 3 atom stereocenters. The lowest BCUT2D eigenvalue weighted by atomic mass is 9.99. The minimum atomic E-state index is -0.505. The van der Waals surface area contributed by atoms with Crippen LogP contribution in [0.3, 0.4) is 0 Å². The fourth-order valence-electron chi connectivity index (χ4n) is 2.99. The largest absolute Gasteiger partial charge is 0.383 e. The predicted molar refractivity (Wildman–Crippen MR) is 83.9 cm³/mol. The summed E-state index contributed by atoms with van der Waals surface area (Å²) < 4.78 is 5.26. The zero-order valence-corrected chi connectivity index (χ0v) is 13.6. The van der Waals surface area contributed by atoms with E-state index in [1.807, 2.05) is 37.8 Å². The molecule has 0 saturated carbocycles. The van der Waals surface area contributed by atoms with Crippen molar-refractivity contribution < 1.29 is 9.53 Å². The first-order chi connectivity index (χ1) is 9.94. The Balaban J connectivity index is 2.42. The maximum absolute atomic E-state index is 12.9. The van der Waals surface area contributed by atoms with Gasteiger partial charge in [0.2, 0.25) is 5.91 Å². The molecule has 0 aromatic heterocycles. The molecule has 1 fully saturated rings. The zero-order valence-electron chi connectivity index (χ0n) is 13.6. The van der Waals surface area contributed by atoms with E-state index in [1.165, 1.54) is 5.56 Å². The second kappa shape index (κ2) is 6.16. The van der Waals surface area contributed by atoms with Crippen molar-refractivity contribution in [1.29, 1.82) is 0 Å². The summed E-state index contributed by atoms with van der Waals surface area (Å²) in [7, 11) is 1.67. The van der Waals surface area contributed by atoms with Crippen molar-refractivity contribution >= 4 is 5.91 Å². The molecule has 1 aliphatic heterocycles. The summed E-state index contributed by atoms with van der Waals surface area (Å²) in [5.74, 6) is 0.155. The quantitative estimate of drug-likeness (QED) is 0.906. The molecule has 0 spiro atoms. The first-order valence-corrected chi connectivity index (χ1v) is 7.59. The van der Waals surface area contributed by atoms with Crippen LogP contribution in [0.2, 0.25) is 0 Å². The molecule has 3 unspecified atom stereocenters. The van der Waals surface area contributed by atoms with Gasteiger partial charge in [-0.2, -0.15) is 0 Å². The third-order valence-corrected chi connectivity index (χ3v) is 4.51. The molecule has 4 heteroatoms. The third-order valence-electron chi connectivity index (χ3n) is 4.51. The van der Waals surface area contributed by atoms with Crippen LogP contribution in [-0.4, -0.2) is 36.1 Å². The van der Waals surface area contributed by atoms with Crippen LogP contribution in [-0.2, 0) is 9.53 Å². The number of amides is 1. The highest BCUT2D eigenvalue weighted by atomic mass is 16.5. The second-order valence-electron chi connectivity index (χ2n) is 6.11. The van der Waals surface area contributed by atoms with Crippen LogP contribution in [0, 0.1) is 6.92 Å². The maximum atomic E-state index is 12.9. The van der Waals surface area contributed by atoms with Crippen LogP contribution < -0.4 is 5.32 Å². The lowest BCUT2D eigenvalue weighted by molar-refractivity contribution is -0.135. The van der Waals surface area contributed by atoms with Crippen molar-refractivity contribution in [2.24, 2.45) is 0 Å². The molecule has 0 aliphatic carbocycles. The van der Waals surface area contributed by atoms with Crippen molar-refractivity contribution in [3.05, 3.63) is 35.4 Å². The zero-order chi connectivity index (χ0) is 15.6. The van der Waals surface area contributed by atoms with Crippen LogP contribution in [0.25, 0.3) is 0 Å². The third kappa shape index (κ3) is 2.83. The van der Waals surface area contributed by atoms with Crippen LogP contribution in [0.1, 0.15) is 44.5 Å². The molecule has 116 valence electrons. The highest BCUT2D eigenvalue weighted by Gasteiger charge is 2.49. The van der Waals surface area contributed by atoms with Crippen molar-refractivity contribution in [3.8, 4) is 0 Å². The van der Waals surface area contributed by atoms with Crippen molar-refractivity contribution in [3.63, 3.8) is 0 Å². The van der Waals surface area contributed by atoms with E-state index < -0.39 is 5.54 Å². The molecule has 1 N–H and O–H groups in total. The number of aryl methyl sites for hydroxylation is 1. The molecule has 1 aliphatic rings. The molecule has 0 bridgehead atoms. The van der Waals surface area contributed by atoms with Gasteiger partial charge < -0.3 is 9.64 Å². The molecule has 0 radical (unpaired) electrons. The maximum Gasteiger partial charge on any atom is 0.244 e. The van der Waals surface area contributed by atoms with Gasteiger partial charge in [0.15, 0.2) is 0 Å². The Bertz CT molecular complexity index is 517. The van der Waals surface area contributed by atoms with Crippen LogP contribution in [0.5, 0.6) is 0 Å². The summed E-state index contributed by atoms with van der Waals surface area (Å²) in [5, 5.41) is 3.53. The number of rotatable bonds is 5. The van der Waals surface area contributed by atoms with E-state index in [4.69, 9.17) is 4.74 Å². The second-order valence-corrected chi connectivity index (χ2v) is 6.11. The molecule has 1 aromatic carbocycles. The van der Waals surface area contributed by atoms with Gasteiger partial charge in [0.05, 0.1) is 18.2 Å². The highest BCUT2D eigenvalue weighted by molar-refractivity contribution is 5.89. The number of carbonyl (C=O) groups is 1. The van der Waals surface area contributed by atoms with E-state index >= 15 is 0 Å². The Morgan fingerprint density at radius 2 is 2.10 bits per heavy atom. The highest BCUT2D eigenvalue weighted by Crippen LogP contribution is 2.35. The Kier molecular flexibility index (Phi) is 4.69. The number of benzene rings is 1. The molecule has 1 saturated heterocycles. The average Bonchev–Trinajstić information content (AvgIpc) is 2.73. The summed E-state index contributed by atoms with van der Waals surface area (Å²) in [4.78, 5) is 14.8. The fourth-order valence-corrected chi connectivity index (χ4v) is 2.99. The number of nitrogens with one attached hydrogen (secondary N) is 1. The number of hydrogen-bond acceptors (Lipinski definition) is 3. The molecular formula is C17H26N2O2. The number of methoxy groups -OCH3 is 1. The summed E-state index contributed by atoms with van der Waals surface area (Å²) in [6, 6.07) is 8.26. The normalized spacial score (nSPS) is 27.2. The van der Waals surface area contributed by atoms with Gasteiger partial charge in [0.1, 0.15) is 6.17 Å². The van der Waals surface area contributed by atoms with Gasteiger partial charge >= 0.3 is 0 Å². The van der Waals surface area contributed by atoms with E-state index in [1.54, 1.807) is 7.11 Å². The smallest absolute Gasteiger partial charge is 0.244 e. The van der Waals surface area contributed by atoms with Gasteiger partial charge in [0, 0.05) is 7.11 Å². The van der Waals surface area contributed by atoms with Crippen molar-refractivity contribution in [2.75, 3.05) is 13.7 Å². The first-order valence-electron chi connectivity index (χ1n) is 7.59. The van der Waals surface area contributed by atoms with Gasteiger partial charge in [-0.25, -0.2) is 0 Å². The Labute approximate surface area is 127 Å². The number of carbonyl (C=O) groups excluding carboxylic acids is 1. The fraction of sp³-hybridized carbons (Fsp3) is 0.588. The van der Waals surface area contributed by atoms with Gasteiger partial charge in [-0.15, -0.1) is 0 Å². The monoisotopic (exact) mass is 290 g/mol. The molecule has 21 heavy (non-hydrogen) atoms. The number of ether oxygens (including phenoxy) is 1. The summed E-state index contributed by atoms with van der Waals surface area (Å²) in [5.41, 5.74) is 1.85. The van der Waals surface area contributed by atoms with Gasteiger partial charge in [-0.1, -0.05) is 31.2 Å². The summed E-state index contributed by atoms with van der Waals surface area (Å²) >= 11 is 0. The van der Waals surface area contributed by atoms with Gasteiger partial charge in [-0.3, -0.25) is 10.1 Å². The SMILES string of the molecule is CCC1(C)NC(c2ccccc2C)N(C(C)COC)C1=O. The van der Waals surface area contributed by atoms with Crippen molar-refractivity contribution in [1.82, 2.24) is 10.2 Å². The lowest BCUT2D eigenvalue weighted by Gasteiger charge is -2.31. The van der Waals surface area contributed by atoms with E-state index in [2.05, 4.69) is 24.4 Å². The van der Waals surface area contributed by atoms with Crippen LogP contribution in [0.15, 0.2) is 24.3 Å². The standard InChI is InChI=1S/C17H26N2O2/c1-6-17(4)16(20)19(13(3)11-21-5)15(18-17)14-10-8-7-9-12(14)2/h7-10,13,15,18H,6,11H2,1-5H3. The Morgan fingerprint density at radius 3 is 2.67 bits per heavy atom. The molecule has 1 aromatic rings. The van der Waals surface area contributed by atoms with Crippen LogP contribution >= 0.6 is 0 Å². The van der Waals surface area contributed by atoms with E-state index in [0.717, 1.165) is 12.0 Å². The average molecular weight is 290 g/mol. The van der Waals surface area contributed by atoms with Crippen LogP contribution in [0.4, 0.5) is 0 Å². The molecular weight excluding hydrogens is 264 g/mol. The topological polar surface area (TPSA) is 41.6 Å². The van der Waals surface area contributed by atoms with E-state index in [0.29, 0.717) is 6.61 Å². The lowest BCUT2D eigenvalue weighted by Crippen LogP contribution is -2.45. The van der Waals surface area contributed by atoms with Crippen molar-refractivity contribution in [2.45, 2.75) is 51.9 Å². The molecule has 2 rings (SSSR count). The number of nitrogens with zero attached hydrogens (tertiary/aromatic N) is 1.